The van der Waals surface area contributed by atoms with Crippen LogP contribution in [0.3, 0.4) is 0 Å². The number of aldehydes is 1. The summed E-state index contributed by atoms with van der Waals surface area (Å²) in [5.41, 5.74) is 1.77. The molecule has 0 saturated heterocycles. The summed E-state index contributed by atoms with van der Waals surface area (Å²) in [6.07, 6.45) is 2.96. The number of aryl methyl sites for hydroxylation is 1. The van der Waals surface area contributed by atoms with Crippen LogP contribution >= 0.6 is 0 Å². The van der Waals surface area contributed by atoms with E-state index in [-0.39, 0.29) is 0 Å². The van der Waals surface area contributed by atoms with E-state index in [1.54, 1.807) is 25.3 Å². The van der Waals surface area contributed by atoms with Crippen molar-refractivity contribution in [2.24, 2.45) is 0 Å². The highest BCUT2D eigenvalue weighted by molar-refractivity contribution is 5.81. The Kier molecular flexibility index (Phi) is 6.48. The van der Waals surface area contributed by atoms with Crippen molar-refractivity contribution < 1.29 is 19.0 Å². The Morgan fingerprint density at radius 2 is 1.74 bits per heavy atom. The summed E-state index contributed by atoms with van der Waals surface area (Å²) in [7, 11) is 1.55. The quantitative estimate of drug-likeness (QED) is 0.520. The van der Waals surface area contributed by atoms with E-state index in [9.17, 15) is 4.79 Å². The van der Waals surface area contributed by atoms with Gasteiger partial charge >= 0.3 is 0 Å². The molecule has 0 atom stereocenters. The zero-order chi connectivity index (χ0) is 16.5. The summed E-state index contributed by atoms with van der Waals surface area (Å²) in [4.78, 5) is 11.1. The maximum atomic E-state index is 11.1. The van der Waals surface area contributed by atoms with Gasteiger partial charge in [-0.2, -0.15) is 0 Å². The average Bonchev–Trinajstić information content (AvgIpc) is 2.60. The number of hydrogen-bond donors (Lipinski definition) is 0. The molecule has 0 unspecified atom stereocenters. The second kappa shape index (κ2) is 8.83. The standard InChI is InChI=1S/C19H22O4/c1-3-5-15-8-10-17(11-9-15)22-12-13-23-19-16(14-20)6-4-7-18(19)21-2/h4,6-11,14H,3,5,12-13H2,1-2H3. The molecule has 0 aromatic heterocycles. The van der Waals surface area contributed by atoms with Crippen LogP contribution in [0.1, 0.15) is 29.3 Å². The lowest BCUT2D eigenvalue weighted by atomic mass is 10.1. The molecule has 0 saturated carbocycles. The van der Waals surface area contributed by atoms with E-state index in [4.69, 9.17) is 14.2 Å². The highest BCUT2D eigenvalue weighted by Gasteiger charge is 2.09. The van der Waals surface area contributed by atoms with Crippen LogP contribution in [0.4, 0.5) is 0 Å². The molecular weight excluding hydrogens is 292 g/mol. The Morgan fingerprint density at radius 1 is 1.00 bits per heavy atom. The number of carbonyl (C=O) groups is 1. The van der Waals surface area contributed by atoms with Gasteiger partial charge in [-0.1, -0.05) is 31.5 Å². The third kappa shape index (κ3) is 4.74. The minimum absolute atomic E-state index is 0.331. The molecule has 0 amide bonds. The molecule has 4 nitrogen and oxygen atoms in total. The Balaban J connectivity index is 1.87. The van der Waals surface area contributed by atoms with Gasteiger partial charge in [0.15, 0.2) is 17.8 Å². The van der Waals surface area contributed by atoms with Crippen molar-refractivity contribution in [2.75, 3.05) is 20.3 Å². The Hall–Kier alpha value is -2.49. The van der Waals surface area contributed by atoms with Gasteiger partial charge in [0.25, 0.3) is 0 Å². The molecule has 2 aromatic carbocycles. The molecule has 23 heavy (non-hydrogen) atoms. The number of hydrogen-bond acceptors (Lipinski definition) is 4. The molecule has 0 spiro atoms. The summed E-state index contributed by atoms with van der Waals surface area (Å²) in [6.45, 7) is 2.88. The lowest BCUT2D eigenvalue weighted by Crippen LogP contribution is -2.10. The van der Waals surface area contributed by atoms with Crippen molar-refractivity contribution in [3.63, 3.8) is 0 Å². The van der Waals surface area contributed by atoms with Gasteiger partial charge in [-0.15, -0.1) is 0 Å². The van der Waals surface area contributed by atoms with Crippen LogP contribution in [0.5, 0.6) is 17.2 Å². The van der Waals surface area contributed by atoms with Gasteiger partial charge in [0.05, 0.1) is 12.7 Å². The zero-order valence-corrected chi connectivity index (χ0v) is 13.6. The van der Waals surface area contributed by atoms with Gasteiger partial charge in [-0.3, -0.25) is 4.79 Å². The van der Waals surface area contributed by atoms with Crippen molar-refractivity contribution in [3.05, 3.63) is 53.6 Å². The van der Waals surface area contributed by atoms with Gasteiger partial charge in [-0.25, -0.2) is 0 Å². The van der Waals surface area contributed by atoms with Crippen molar-refractivity contribution in [1.29, 1.82) is 0 Å². The van der Waals surface area contributed by atoms with Crippen LogP contribution in [0.2, 0.25) is 0 Å². The normalized spacial score (nSPS) is 10.2. The number of carbonyl (C=O) groups excluding carboxylic acids is 1. The first-order valence-corrected chi connectivity index (χ1v) is 7.75. The van der Waals surface area contributed by atoms with E-state index in [2.05, 4.69) is 19.1 Å². The lowest BCUT2D eigenvalue weighted by molar-refractivity contribution is 0.111. The largest absolute Gasteiger partial charge is 0.493 e. The van der Waals surface area contributed by atoms with Crippen molar-refractivity contribution >= 4 is 6.29 Å². The Bertz CT molecular complexity index is 620. The fraction of sp³-hybridized carbons (Fsp3) is 0.316. The summed E-state index contributed by atoms with van der Waals surface area (Å²) < 4.78 is 16.5. The third-order valence-electron chi connectivity index (χ3n) is 3.42. The first-order chi connectivity index (χ1) is 11.3. The predicted molar refractivity (Wildman–Crippen MR) is 89.8 cm³/mol. The molecule has 0 heterocycles. The number of rotatable bonds is 9. The Morgan fingerprint density at radius 3 is 2.39 bits per heavy atom. The fourth-order valence-corrected chi connectivity index (χ4v) is 2.29. The minimum atomic E-state index is 0.331. The van der Waals surface area contributed by atoms with Crippen LogP contribution in [-0.4, -0.2) is 26.6 Å². The Labute approximate surface area is 137 Å². The summed E-state index contributed by atoms with van der Waals surface area (Å²) in [5.74, 6) is 1.80. The van der Waals surface area contributed by atoms with Crippen LogP contribution in [0.25, 0.3) is 0 Å². The SMILES string of the molecule is CCCc1ccc(OCCOc2c(C=O)cccc2OC)cc1. The molecule has 0 aliphatic carbocycles. The van der Waals surface area contributed by atoms with E-state index >= 15 is 0 Å². The smallest absolute Gasteiger partial charge is 0.171 e. The summed E-state index contributed by atoms with van der Waals surface area (Å²) in [5, 5.41) is 0. The van der Waals surface area contributed by atoms with Crippen molar-refractivity contribution in [1.82, 2.24) is 0 Å². The maximum Gasteiger partial charge on any atom is 0.171 e. The van der Waals surface area contributed by atoms with Crippen LogP contribution in [-0.2, 0) is 6.42 Å². The van der Waals surface area contributed by atoms with E-state index in [1.165, 1.54) is 5.56 Å². The predicted octanol–water partition coefficient (Wildman–Crippen LogP) is 3.92. The number of para-hydroxylation sites is 1. The molecule has 0 aliphatic heterocycles. The van der Waals surface area contributed by atoms with Crippen molar-refractivity contribution in [3.8, 4) is 17.2 Å². The zero-order valence-electron chi connectivity index (χ0n) is 13.6. The van der Waals surface area contributed by atoms with E-state index in [1.807, 2.05) is 12.1 Å². The molecule has 4 heteroatoms. The molecule has 2 aromatic rings. The van der Waals surface area contributed by atoms with E-state index < -0.39 is 0 Å². The highest BCUT2D eigenvalue weighted by atomic mass is 16.5. The first-order valence-electron chi connectivity index (χ1n) is 7.75. The molecule has 0 aliphatic rings. The van der Waals surface area contributed by atoms with Gasteiger partial charge in [-0.05, 0) is 36.2 Å². The van der Waals surface area contributed by atoms with E-state index in [0.717, 1.165) is 24.9 Å². The van der Waals surface area contributed by atoms with Gasteiger partial charge < -0.3 is 14.2 Å². The van der Waals surface area contributed by atoms with Gasteiger partial charge in [0.1, 0.15) is 19.0 Å². The average molecular weight is 314 g/mol. The second-order valence-electron chi connectivity index (χ2n) is 5.09. The number of benzene rings is 2. The molecule has 0 fully saturated rings. The lowest BCUT2D eigenvalue weighted by Gasteiger charge is -2.13. The van der Waals surface area contributed by atoms with Crippen LogP contribution < -0.4 is 14.2 Å². The number of ether oxygens (including phenoxy) is 3. The van der Waals surface area contributed by atoms with Gasteiger partial charge in [0.2, 0.25) is 0 Å². The summed E-state index contributed by atoms with van der Waals surface area (Å²) in [6, 6.07) is 13.3. The van der Waals surface area contributed by atoms with E-state index in [0.29, 0.717) is 30.3 Å². The number of methoxy groups -OCH3 is 1. The van der Waals surface area contributed by atoms with Crippen LogP contribution in [0, 0.1) is 0 Å². The molecule has 2 rings (SSSR count). The van der Waals surface area contributed by atoms with Crippen LogP contribution in [0.15, 0.2) is 42.5 Å². The van der Waals surface area contributed by atoms with Crippen molar-refractivity contribution in [2.45, 2.75) is 19.8 Å². The minimum Gasteiger partial charge on any atom is -0.493 e. The molecule has 0 radical (unpaired) electrons. The molecule has 0 bridgehead atoms. The maximum absolute atomic E-state index is 11.1. The molecular formula is C19H22O4. The highest BCUT2D eigenvalue weighted by Crippen LogP contribution is 2.29. The monoisotopic (exact) mass is 314 g/mol. The van der Waals surface area contributed by atoms with Gasteiger partial charge in [0, 0.05) is 0 Å². The first kappa shape index (κ1) is 16.9. The summed E-state index contributed by atoms with van der Waals surface area (Å²) >= 11 is 0. The molecule has 122 valence electrons. The fourth-order valence-electron chi connectivity index (χ4n) is 2.29. The topological polar surface area (TPSA) is 44.8 Å². The second-order valence-corrected chi connectivity index (χ2v) is 5.09. The molecule has 0 N–H and O–H groups in total. The third-order valence-corrected chi connectivity index (χ3v) is 3.42.